The zero-order valence-corrected chi connectivity index (χ0v) is 12.0. The summed E-state index contributed by atoms with van der Waals surface area (Å²) in [5, 5.41) is 3.96. The molecule has 0 amide bonds. The standard InChI is InChI=1S/C13H16N6O/c1-8-10(9(2)20-17-8)6-18(3)13-14-5-11-12(16-13)15-7-19(11)4/h5,7H,6H2,1-4H3. The molecule has 0 saturated heterocycles. The quantitative estimate of drug-likeness (QED) is 0.721. The Balaban J connectivity index is 1.90. The molecule has 3 rings (SSSR count). The largest absolute Gasteiger partial charge is 0.361 e. The number of imidazole rings is 1. The Hall–Kier alpha value is -2.44. The molecule has 0 bridgehead atoms. The Labute approximate surface area is 116 Å². The van der Waals surface area contributed by atoms with E-state index in [4.69, 9.17) is 4.52 Å². The third kappa shape index (κ3) is 2.01. The van der Waals surface area contributed by atoms with Crippen LogP contribution in [0.3, 0.4) is 0 Å². The van der Waals surface area contributed by atoms with Gasteiger partial charge in [0.1, 0.15) is 11.3 Å². The molecular formula is C13H16N6O. The SMILES string of the molecule is Cc1noc(C)c1CN(C)c1ncc2c(ncn2C)n1. The van der Waals surface area contributed by atoms with Gasteiger partial charge in [-0.1, -0.05) is 5.16 Å². The summed E-state index contributed by atoms with van der Waals surface area (Å²) in [6, 6.07) is 0. The molecular weight excluding hydrogens is 256 g/mol. The maximum Gasteiger partial charge on any atom is 0.227 e. The van der Waals surface area contributed by atoms with E-state index in [1.54, 1.807) is 12.5 Å². The van der Waals surface area contributed by atoms with Crippen LogP contribution in [0.1, 0.15) is 17.0 Å². The first-order chi connectivity index (χ1) is 9.56. The maximum absolute atomic E-state index is 5.17. The lowest BCUT2D eigenvalue weighted by Gasteiger charge is -2.16. The van der Waals surface area contributed by atoms with Gasteiger partial charge in [-0.2, -0.15) is 4.98 Å². The summed E-state index contributed by atoms with van der Waals surface area (Å²) in [5.41, 5.74) is 3.58. The lowest BCUT2D eigenvalue weighted by atomic mass is 10.2. The average Bonchev–Trinajstić information content (AvgIpc) is 2.96. The van der Waals surface area contributed by atoms with E-state index in [-0.39, 0.29) is 0 Å². The van der Waals surface area contributed by atoms with Crippen LogP contribution in [0.15, 0.2) is 17.0 Å². The molecule has 7 nitrogen and oxygen atoms in total. The number of anilines is 1. The topological polar surface area (TPSA) is 72.9 Å². The van der Waals surface area contributed by atoms with Crippen LogP contribution >= 0.6 is 0 Å². The van der Waals surface area contributed by atoms with E-state index in [0.717, 1.165) is 22.5 Å². The molecule has 104 valence electrons. The molecule has 3 aromatic heterocycles. The van der Waals surface area contributed by atoms with Crippen LogP contribution in [-0.4, -0.2) is 31.7 Å². The van der Waals surface area contributed by atoms with Crippen molar-refractivity contribution in [2.75, 3.05) is 11.9 Å². The highest BCUT2D eigenvalue weighted by Gasteiger charge is 2.14. The third-order valence-corrected chi connectivity index (χ3v) is 3.39. The number of aromatic nitrogens is 5. The van der Waals surface area contributed by atoms with E-state index in [0.29, 0.717) is 18.1 Å². The van der Waals surface area contributed by atoms with Gasteiger partial charge in [-0.3, -0.25) is 0 Å². The van der Waals surface area contributed by atoms with Gasteiger partial charge in [-0.05, 0) is 13.8 Å². The van der Waals surface area contributed by atoms with E-state index >= 15 is 0 Å². The van der Waals surface area contributed by atoms with E-state index in [2.05, 4.69) is 20.1 Å². The van der Waals surface area contributed by atoms with E-state index in [1.165, 1.54) is 0 Å². The van der Waals surface area contributed by atoms with Crippen LogP contribution < -0.4 is 4.90 Å². The van der Waals surface area contributed by atoms with Gasteiger partial charge < -0.3 is 14.0 Å². The molecule has 20 heavy (non-hydrogen) atoms. The average molecular weight is 272 g/mol. The summed E-state index contributed by atoms with van der Waals surface area (Å²) in [7, 11) is 3.86. The Kier molecular flexibility index (Phi) is 2.89. The first-order valence-corrected chi connectivity index (χ1v) is 6.33. The monoisotopic (exact) mass is 272 g/mol. The van der Waals surface area contributed by atoms with Gasteiger partial charge in [0.2, 0.25) is 5.95 Å². The molecule has 0 spiro atoms. The van der Waals surface area contributed by atoms with Crippen molar-refractivity contribution < 1.29 is 4.52 Å². The summed E-state index contributed by atoms with van der Waals surface area (Å²) in [6.07, 6.45) is 3.52. The van der Waals surface area contributed by atoms with Crippen molar-refractivity contribution in [1.82, 2.24) is 24.7 Å². The van der Waals surface area contributed by atoms with Crippen molar-refractivity contribution in [3.63, 3.8) is 0 Å². The number of hydrogen-bond donors (Lipinski definition) is 0. The zero-order valence-electron chi connectivity index (χ0n) is 12.0. The minimum atomic E-state index is 0.635. The molecule has 0 radical (unpaired) electrons. The van der Waals surface area contributed by atoms with Crippen LogP contribution in [-0.2, 0) is 13.6 Å². The van der Waals surface area contributed by atoms with Crippen LogP contribution in [0, 0.1) is 13.8 Å². The van der Waals surface area contributed by atoms with Crippen molar-refractivity contribution in [3.8, 4) is 0 Å². The van der Waals surface area contributed by atoms with E-state index in [1.807, 2.05) is 37.4 Å². The second kappa shape index (κ2) is 4.59. The van der Waals surface area contributed by atoms with Crippen molar-refractivity contribution in [3.05, 3.63) is 29.5 Å². The summed E-state index contributed by atoms with van der Waals surface area (Å²) < 4.78 is 7.07. The molecule has 0 saturated carbocycles. The molecule has 7 heteroatoms. The van der Waals surface area contributed by atoms with E-state index in [9.17, 15) is 0 Å². The highest BCUT2D eigenvalue weighted by Crippen LogP contribution is 2.18. The van der Waals surface area contributed by atoms with Crippen LogP contribution in [0.5, 0.6) is 0 Å². The van der Waals surface area contributed by atoms with Gasteiger partial charge in [-0.25, -0.2) is 9.97 Å². The number of rotatable bonds is 3. The minimum Gasteiger partial charge on any atom is -0.361 e. The summed E-state index contributed by atoms with van der Waals surface area (Å²) in [6.45, 7) is 4.49. The fraction of sp³-hybridized carbons (Fsp3) is 0.385. The number of hydrogen-bond acceptors (Lipinski definition) is 6. The van der Waals surface area contributed by atoms with Crippen molar-refractivity contribution in [2.45, 2.75) is 20.4 Å². The van der Waals surface area contributed by atoms with E-state index < -0.39 is 0 Å². The Bertz CT molecular complexity index is 740. The van der Waals surface area contributed by atoms with Crippen LogP contribution in [0.4, 0.5) is 5.95 Å². The second-order valence-corrected chi connectivity index (χ2v) is 4.89. The van der Waals surface area contributed by atoms with Gasteiger partial charge in [0.05, 0.1) is 24.8 Å². The minimum absolute atomic E-state index is 0.635. The lowest BCUT2D eigenvalue weighted by Crippen LogP contribution is -2.19. The van der Waals surface area contributed by atoms with Crippen molar-refractivity contribution in [1.29, 1.82) is 0 Å². The van der Waals surface area contributed by atoms with Crippen molar-refractivity contribution >= 4 is 17.1 Å². The smallest absolute Gasteiger partial charge is 0.227 e. The molecule has 0 atom stereocenters. The third-order valence-electron chi connectivity index (χ3n) is 3.39. The summed E-state index contributed by atoms with van der Waals surface area (Å²) in [5.74, 6) is 1.46. The lowest BCUT2D eigenvalue weighted by molar-refractivity contribution is 0.392. The molecule has 0 unspecified atom stereocenters. The molecule has 0 fully saturated rings. The van der Waals surface area contributed by atoms with Gasteiger partial charge in [0.25, 0.3) is 0 Å². The fourth-order valence-electron chi connectivity index (χ4n) is 2.12. The summed E-state index contributed by atoms with van der Waals surface area (Å²) >= 11 is 0. The fourth-order valence-corrected chi connectivity index (χ4v) is 2.12. The number of fused-ring (bicyclic) bond motifs is 1. The number of nitrogens with zero attached hydrogens (tertiary/aromatic N) is 6. The second-order valence-electron chi connectivity index (χ2n) is 4.89. The van der Waals surface area contributed by atoms with Gasteiger partial charge in [0, 0.05) is 19.7 Å². The molecule has 0 aromatic carbocycles. The molecule has 0 aliphatic carbocycles. The molecule has 3 aromatic rings. The highest BCUT2D eigenvalue weighted by atomic mass is 16.5. The van der Waals surface area contributed by atoms with Gasteiger partial charge >= 0.3 is 0 Å². The Morgan fingerprint density at radius 2 is 2.10 bits per heavy atom. The summed E-state index contributed by atoms with van der Waals surface area (Å²) in [4.78, 5) is 15.1. The van der Waals surface area contributed by atoms with Crippen LogP contribution in [0.25, 0.3) is 11.2 Å². The highest BCUT2D eigenvalue weighted by molar-refractivity contribution is 5.70. The Morgan fingerprint density at radius 1 is 1.30 bits per heavy atom. The first-order valence-electron chi connectivity index (χ1n) is 6.33. The number of aryl methyl sites for hydroxylation is 3. The molecule has 0 aliphatic heterocycles. The van der Waals surface area contributed by atoms with Crippen LogP contribution in [0.2, 0.25) is 0 Å². The molecule has 0 N–H and O–H groups in total. The predicted molar refractivity (Wildman–Crippen MR) is 74.4 cm³/mol. The Morgan fingerprint density at radius 3 is 2.80 bits per heavy atom. The first kappa shape index (κ1) is 12.6. The zero-order chi connectivity index (χ0) is 14.3. The normalized spacial score (nSPS) is 11.2. The predicted octanol–water partition coefficient (Wildman–Crippen LogP) is 1.60. The van der Waals surface area contributed by atoms with Crippen molar-refractivity contribution in [2.24, 2.45) is 7.05 Å². The molecule has 0 aliphatic rings. The molecule has 3 heterocycles. The van der Waals surface area contributed by atoms with Gasteiger partial charge in [-0.15, -0.1) is 0 Å². The maximum atomic E-state index is 5.17. The van der Waals surface area contributed by atoms with Gasteiger partial charge in [0.15, 0.2) is 5.65 Å².